The zero-order valence-electron chi connectivity index (χ0n) is 10.7. The number of aryl methyl sites for hydroxylation is 1. The third-order valence-electron chi connectivity index (χ3n) is 2.67. The highest BCUT2D eigenvalue weighted by atomic mass is 32.1. The lowest BCUT2D eigenvalue weighted by Gasteiger charge is -2.04. The third-order valence-corrected chi connectivity index (χ3v) is 3.44. The van der Waals surface area contributed by atoms with Gasteiger partial charge in [-0.25, -0.2) is 4.98 Å². The normalized spacial score (nSPS) is 10.4. The van der Waals surface area contributed by atoms with Gasteiger partial charge in [-0.1, -0.05) is 24.3 Å². The lowest BCUT2D eigenvalue weighted by Crippen LogP contribution is -2.27. The summed E-state index contributed by atoms with van der Waals surface area (Å²) in [6.07, 6.45) is 0.330. The molecule has 5 heteroatoms. The van der Waals surface area contributed by atoms with Gasteiger partial charge in [-0.2, -0.15) is 0 Å². The topological polar surface area (TPSA) is 62.2 Å². The summed E-state index contributed by atoms with van der Waals surface area (Å²) in [6, 6.07) is 7.82. The maximum absolute atomic E-state index is 11.5. The van der Waals surface area contributed by atoms with Crippen LogP contribution in [0.4, 0.5) is 0 Å². The average Bonchev–Trinajstić information content (AvgIpc) is 2.84. The number of rotatable bonds is 5. The Balaban J connectivity index is 2.00. The first-order valence-electron chi connectivity index (χ1n) is 6.08. The summed E-state index contributed by atoms with van der Waals surface area (Å²) in [5.41, 5.74) is 2.98. The standard InChI is InChI=1S/C14H16N2O2S/c1-10-16-13(9-19-10)12-4-2-11(3-5-12)8-14(18)15-6-7-17/h2-5,9,17H,6-8H2,1H3,(H,15,18). The fraction of sp³-hybridized carbons (Fsp3) is 0.286. The first kappa shape index (κ1) is 13.7. The fourth-order valence-corrected chi connectivity index (χ4v) is 2.35. The Morgan fingerprint density at radius 3 is 2.68 bits per heavy atom. The number of aliphatic hydroxyl groups excluding tert-OH is 1. The smallest absolute Gasteiger partial charge is 0.224 e. The largest absolute Gasteiger partial charge is 0.395 e. The second-order valence-corrected chi connectivity index (χ2v) is 5.26. The van der Waals surface area contributed by atoms with Crippen LogP contribution in [0.15, 0.2) is 29.6 Å². The molecule has 0 atom stereocenters. The zero-order valence-corrected chi connectivity index (χ0v) is 11.5. The molecule has 0 saturated heterocycles. The second kappa shape index (κ2) is 6.45. The van der Waals surface area contributed by atoms with Crippen LogP contribution in [-0.4, -0.2) is 29.1 Å². The van der Waals surface area contributed by atoms with E-state index in [1.54, 1.807) is 11.3 Å². The molecule has 4 nitrogen and oxygen atoms in total. The molecule has 0 aliphatic heterocycles. The van der Waals surface area contributed by atoms with Crippen LogP contribution in [0.3, 0.4) is 0 Å². The van der Waals surface area contributed by atoms with E-state index in [2.05, 4.69) is 10.3 Å². The van der Waals surface area contributed by atoms with E-state index >= 15 is 0 Å². The molecule has 0 radical (unpaired) electrons. The van der Waals surface area contributed by atoms with Gasteiger partial charge < -0.3 is 10.4 Å². The van der Waals surface area contributed by atoms with Crippen LogP contribution in [0.2, 0.25) is 0 Å². The van der Waals surface area contributed by atoms with Crippen molar-refractivity contribution in [1.82, 2.24) is 10.3 Å². The molecule has 0 saturated carbocycles. The molecular weight excluding hydrogens is 260 g/mol. The Morgan fingerprint density at radius 1 is 1.37 bits per heavy atom. The average molecular weight is 276 g/mol. The van der Waals surface area contributed by atoms with Gasteiger partial charge >= 0.3 is 0 Å². The van der Waals surface area contributed by atoms with E-state index in [9.17, 15) is 4.79 Å². The zero-order chi connectivity index (χ0) is 13.7. The predicted octanol–water partition coefficient (Wildman–Crippen LogP) is 1.77. The minimum Gasteiger partial charge on any atom is -0.395 e. The molecule has 0 bridgehead atoms. The van der Waals surface area contributed by atoms with Crippen molar-refractivity contribution in [3.63, 3.8) is 0 Å². The highest BCUT2D eigenvalue weighted by Crippen LogP contribution is 2.21. The van der Waals surface area contributed by atoms with E-state index in [-0.39, 0.29) is 12.5 Å². The van der Waals surface area contributed by atoms with Crippen LogP contribution >= 0.6 is 11.3 Å². The minimum absolute atomic E-state index is 0.0339. The number of carbonyl (C=O) groups excluding carboxylic acids is 1. The van der Waals surface area contributed by atoms with Crippen LogP contribution in [0.25, 0.3) is 11.3 Å². The van der Waals surface area contributed by atoms with Crippen molar-refractivity contribution in [3.05, 3.63) is 40.2 Å². The predicted molar refractivity (Wildman–Crippen MR) is 76.1 cm³/mol. The molecular formula is C14H16N2O2S. The molecule has 0 spiro atoms. The van der Waals surface area contributed by atoms with Gasteiger partial charge in [-0.3, -0.25) is 4.79 Å². The molecule has 100 valence electrons. The Morgan fingerprint density at radius 2 is 2.11 bits per heavy atom. The van der Waals surface area contributed by atoms with Gasteiger partial charge in [0.05, 0.1) is 23.7 Å². The van der Waals surface area contributed by atoms with Crippen molar-refractivity contribution in [3.8, 4) is 11.3 Å². The molecule has 1 aromatic heterocycles. The number of aliphatic hydroxyl groups is 1. The lowest BCUT2D eigenvalue weighted by molar-refractivity contribution is -0.120. The van der Waals surface area contributed by atoms with Gasteiger partial charge in [0.15, 0.2) is 0 Å². The molecule has 0 aliphatic carbocycles. The molecule has 0 unspecified atom stereocenters. The Bertz CT molecular complexity index is 549. The quantitative estimate of drug-likeness (QED) is 0.875. The summed E-state index contributed by atoms with van der Waals surface area (Å²) in [6.45, 7) is 2.25. The Hall–Kier alpha value is -1.72. The molecule has 2 rings (SSSR count). The molecule has 1 heterocycles. The van der Waals surface area contributed by atoms with E-state index in [1.807, 2.05) is 36.6 Å². The molecule has 1 amide bonds. The van der Waals surface area contributed by atoms with E-state index in [0.29, 0.717) is 13.0 Å². The molecule has 19 heavy (non-hydrogen) atoms. The second-order valence-electron chi connectivity index (χ2n) is 4.20. The maximum atomic E-state index is 11.5. The number of aromatic nitrogens is 1. The lowest BCUT2D eigenvalue weighted by atomic mass is 10.1. The van der Waals surface area contributed by atoms with Gasteiger partial charge in [-0.05, 0) is 12.5 Å². The van der Waals surface area contributed by atoms with Crippen LogP contribution < -0.4 is 5.32 Å². The van der Waals surface area contributed by atoms with Gasteiger partial charge in [0.1, 0.15) is 0 Å². The molecule has 0 fully saturated rings. The number of benzene rings is 1. The fourth-order valence-electron chi connectivity index (χ4n) is 1.73. The molecule has 2 N–H and O–H groups in total. The highest BCUT2D eigenvalue weighted by Gasteiger charge is 2.05. The summed E-state index contributed by atoms with van der Waals surface area (Å²) in [7, 11) is 0. The maximum Gasteiger partial charge on any atom is 0.224 e. The minimum atomic E-state index is -0.0775. The van der Waals surface area contributed by atoms with E-state index in [0.717, 1.165) is 21.8 Å². The van der Waals surface area contributed by atoms with Crippen molar-refractivity contribution in [2.75, 3.05) is 13.2 Å². The molecule has 2 aromatic rings. The first-order chi connectivity index (χ1) is 9.19. The third kappa shape index (κ3) is 3.87. The Labute approximate surface area is 116 Å². The first-order valence-corrected chi connectivity index (χ1v) is 6.96. The van der Waals surface area contributed by atoms with Crippen molar-refractivity contribution in [2.45, 2.75) is 13.3 Å². The van der Waals surface area contributed by atoms with Crippen molar-refractivity contribution < 1.29 is 9.90 Å². The number of carbonyl (C=O) groups is 1. The number of thiazole rings is 1. The summed E-state index contributed by atoms with van der Waals surface area (Å²) >= 11 is 1.62. The van der Waals surface area contributed by atoms with Crippen molar-refractivity contribution in [1.29, 1.82) is 0 Å². The SMILES string of the molecule is Cc1nc(-c2ccc(CC(=O)NCCO)cc2)cs1. The summed E-state index contributed by atoms with van der Waals surface area (Å²) in [5, 5.41) is 14.3. The highest BCUT2D eigenvalue weighted by molar-refractivity contribution is 7.09. The summed E-state index contributed by atoms with van der Waals surface area (Å²) < 4.78 is 0. The number of hydrogen-bond donors (Lipinski definition) is 2. The molecule has 1 aromatic carbocycles. The van der Waals surface area contributed by atoms with Gasteiger partial charge in [0.2, 0.25) is 5.91 Å². The van der Waals surface area contributed by atoms with E-state index in [1.165, 1.54) is 0 Å². The number of nitrogens with zero attached hydrogens (tertiary/aromatic N) is 1. The van der Waals surface area contributed by atoms with Crippen LogP contribution in [0.1, 0.15) is 10.6 Å². The monoisotopic (exact) mass is 276 g/mol. The van der Waals surface area contributed by atoms with Gasteiger partial charge in [0.25, 0.3) is 0 Å². The van der Waals surface area contributed by atoms with Gasteiger partial charge in [-0.15, -0.1) is 11.3 Å². The van der Waals surface area contributed by atoms with Gasteiger partial charge in [0, 0.05) is 17.5 Å². The number of amides is 1. The van der Waals surface area contributed by atoms with E-state index in [4.69, 9.17) is 5.11 Å². The Kier molecular flexibility index (Phi) is 4.65. The van der Waals surface area contributed by atoms with Crippen molar-refractivity contribution in [2.24, 2.45) is 0 Å². The van der Waals surface area contributed by atoms with Crippen LogP contribution in [0.5, 0.6) is 0 Å². The van der Waals surface area contributed by atoms with Crippen LogP contribution in [0, 0.1) is 6.92 Å². The number of nitrogens with one attached hydrogen (secondary N) is 1. The summed E-state index contributed by atoms with van der Waals surface area (Å²) in [4.78, 5) is 15.9. The van der Waals surface area contributed by atoms with Crippen LogP contribution in [-0.2, 0) is 11.2 Å². The number of hydrogen-bond acceptors (Lipinski definition) is 4. The van der Waals surface area contributed by atoms with Crippen molar-refractivity contribution >= 4 is 17.2 Å². The van der Waals surface area contributed by atoms with E-state index < -0.39 is 0 Å². The summed E-state index contributed by atoms with van der Waals surface area (Å²) in [5.74, 6) is -0.0775. The molecule has 0 aliphatic rings.